The number of ether oxygens (including phenoxy) is 1. The number of para-hydroxylation sites is 1. The average Bonchev–Trinajstić information content (AvgIpc) is 2.60. The van der Waals surface area contributed by atoms with Crippen molar-refractivity contribution in [1.82, 2.24) is 10.2 Å². The molecule has 1 N–H and O–H groups in total. The van der Waals surface area contributed by atoms with E-state index in [0.29, 0.717) is 24.3 Å². The van der Waals surface area contributed by atoms with Crippen LogP contribution in [-0.2, 0) is 4.79 Å². The van der Waals surface area contributed by atoms with Gasteiger partial charge in [0.25, 0.3) is 5.91 Å². The van der Waals surface area contributed by atoms with Gasteiger partial charge in [-0.1, -0.05) is 12.1 Å². The molecule has 1 fully saturated rings. The molecule has 0 bridgehead atoms. The Bertz CT molecular complexity index is 619. The maximum Gasteiger partial charge on any atom is 0.393 e. The van der Waals surface area contributed by atoms with Gasteiger partial charge in [0.05, 0.1) is 18.6 Å². The van der Waals surface area contributed by atoms with Crippen molar-refractivity contribution in [1.29, 1.82) is 0 Å². The van der Waals surface area contributed by atoms with Crippen LogP contribution in [0.1, 0.15) is 29.6 Å². The normalized spacial score (nSPS) is 17.9. The summed E-state index contributed by atoms with van der Waals surface area (Å²) in [4.78, 5) is 25.4. The monoisotopic (exact) mass is 358 g/mol. The topological polar surface area (TPSA) is 58.6 Å². The van der Waals surface area contributed by atoms with E-state index < -0.39 is 18.0 Å². The third-order valence-corrected chi connectivity index (χ3v) is 4.21. The molecule has 1 atom stereocenters. The zero-order valence-electron chi connectivity index (χ0n) is 13.9. The first-order valence-corrected chi connectivity index (χ1v) is 8.08. The van der Waals surface area contributed by atoms with Crippen molar-refractivity contribution < 1.29 is 27.5 Å². The predicted molar refractivity (Wildman–Crippen MR) is 85.3 cm³/mol. The Kier molecular flexibility index (Phi) is 6.27. The summed E-state index contributed by atoms with van der Waals surface area (Å²) < 4.78 is 43.5. The number of alkyl halides is 3. The van der Waals surface area contributed by atoms with Gasteiger partial charge in [-0.05, 0) is 25.0 Å². The van der Waals surface area contributed by atoms with Gasteiger partial charge in [0, 0.05) is 26.1 Å². The number of amides is 2. The van der Waals surface area contributed by atoms with Gasteiger partial charge in [0.15, 0.2) is 0 Å². The van der Waals surface area contributed by atoms with Crippen LogP contribution in [0.3, 0.4) is 0 Å². The number of piperidine rings is 1. The van der Waals surface area contributed by atoms with Crippen LogP contribution in [0.25, 0.3) is 0 Å². The molecule has 1 aromatic carbocycles. The highest BCUT2D eigenvalue weighted by molar-refractivity contribution is 5.97. The molecule has 1 heterocycles. The molecule has 1 aromatic rings. The molecule has 2 rings (SSSR count). The molecule has 0 saturated carbocycles. The summed E-state index contributed by atoms with van der Waals surface area (Å²) >= 11 is 0. The first-order chi connectivity index (χ1) is 11.8. The highest BCUT2D eigenvalue weighted by Gasteiger charge is 2.42. The lowest BCUT2D eigenvalue weighted by Crippen LogP contribution is -2.45. The number of hydrogen-bond donors (Lipinski definition) is 1. The lowest BCUT2D eigenvalue weighted by atomic mass is 9.97. The van der Waals surface area contributed by atoms with E-state index in [-0.39, 0.29) is 31.8 Å². The molecule has 0 unspecified atom stereocenters. The Labute approximate surface area is 144 Å². The number of halogens is 3. The van der Waals surface area contributed by atoms with Crippen LogP contribution in [0.15, 0.2) is 24.3 Å². The number of carbonyl (C=O) groups excluding carboxylic acids is 2. The van der Waals surface area contributed by atoms with Crippen LogP contribution in [0.2, 0.25) is 0 Å². The minimum Gasteiger partial charge on any atom is -0.496 e. The van der Waals surface area contributed by atoms with E-state index in [9.17, 15) is 22.8 Å². The molecule has 25 heavy (non-hydrogen) atoms. The molecule has 2 amide bonds. The number of carbonyl (C=O) groups is 2. The Morgan fingerprint density at radius 3 is 2.72 bits per heavy atom. The standard InChI is InChI=1S/C17H21F3N2O3/c1-25-14-7-3-2-6-13(14)16(24)21-9-8-15(23)22-10-4-5-12(11-22)17(18,19)20/h2-3,6-7,12H,4-5,8-11H2,1H3,(H,21,24)/t12-/m0/s1. The van der Waals surface area contributed by atoms with Crippen LogP contribution < -0.4 is 10.1 Å². The summed E-state index contributed by atoms with van der Waals surface area (Å²) in [5.41, 5.74) is 0.340. The Morgan fingerprint density at radius 2 is 2.04 bits per heavy atom. The number of rotatable bonds is 5. The first-order valence-electron chi connectivity index (χ1n) is 8.08. The van der Waals surface area contributed by atoms with Gasteiger partial charge in [-0.25, -0.2) is 0 Å². The van der Waals surface area contributed by atoms with E-state index in [4.69, 9.17) is 4.74 Å². The summed E-state index contributed by atoms with van der Waals surface area (Å²) in [5.74, 6) is -1.82. The van der Waals surface area contributed by atoms with Crippen molar-refractivity contribution in [2.24, 2.45) is 5.92 Å². The van der Waals surface area contributed by atoms with Crippen LogP contribution in [0.4, 0.5) is 13.2 Å². The molecular formula is C17H21F3N2O3. The third-order valence-electron chi connectivity index (χ3n) is 4.21. The third kappa shape index (κ3) is 5.11. The molecule has 0 aromatic heterocycles. The fraction of sp³-hybridized carbons (Fsp3) is 0.529. The minimum atomic E-state index is -4.28. The summed E-state index contributed by atoms with van der Waals surface area (Å²) in [7, 11) is 1.45. The summed E-state index contributed by atoms with van der Waals surface area (Å²) in [6.45, 7) is 0.0809. The highest BCUT2D eigenvalue weighted by Crippen LogP contribution is 2.33. The molecule has 138 valence electrons. The molecule has 0 aliphatic carbocycles. The second-order valence-corrected chi connectivity index (χ2v) is 5.93. The molecular weight excluding hydrogens is 337 g/mol. The van der Waals surface area contributed by atoms with Gasteiger partial charge >= 0.3 is 6.18 Å². The van der Waals surface area contributed by atoms with Crippen LogP contribution in [0.5, 0.6) is 5.75 Å². The van der Waals surface area contributed by atoms with Crippen LogP contribution >= 0.6 is 0 Å². The second kappa shape index (κ2) is 8.22. The number of likely N-dealkylation sites (tertiary alicyclic amines) is 1. The van der Waals surface area contributed by atoms with E-state index in [2.05, 4.69) is 5.32 Å². The van der Waals surface area contributed by atoms with Crippen molar-refractivity contribution in [3.63, 3.8) is 0 Å². The van der Waals surface area contributed by atoms with E-state index in [1.54, 1.807) is 24.3 Å². The lowest BCUT2D eigenvalue weighted by molar-refractivity contribution is -0.188. The van der Waals surface area contributed by atoms with Gasteiger partial charge < -0.3 is 15.0 Å². The molecule has 0 radical (unpaired) electrons. The van der Waals surface area contributed by atoms with Gasteiger partial charge in [-0.2, -0.15) is 13.2 Å². The number of nitrogens with zero attached hydrogens (tertiary/aromatic N) is 1. The van der Waals surface area contributed by atoms with Crippen molar-refractivity contribution in [2.75, 3.05) is 26.7 Å². The van der Waals surface area contributed by atoms with E-state index in [1.165, 1.54) is 12.0 Å². The smallest absolute Gasteiger partial charge is 0.393 e. The average molecular weight is 358 g/mol. The van der Waals surface area contributed by atoms with Gasteiger partial charge in [-0.15, -0.1) is 0 Å². The molecule has 5 nitrogen and oxygen atoms in total. The van der Waals surface area contributed by atoms with Gasteiger partial charge in [-0.3, -0.25) is 9.59 Å². The summed E-state index contributed by atoms with van der Waals surface area (Å²) in [6.07, 6.45) is -3.93. The quantitative estimate of drug-likeness (QED) is 0.880. The predicted octanol–water partition coefficient (Wildman–Crippen LogP) is 2.62. The van der Waals surface area contributed by atoms with Crippen LogP contribution in [-0.4, -0.2) is 49.6 Å². The minimum absolute atomic E-state index is 0.0362. The first kappa shape index (κ1) is 19.1. The van der Waals surface area contributed by atoms with E-state index >= 15 is 0 Å². The zero-order valence-corrected chi connectivity index (χ0v) is 13.9. The van der Waals surface area contributed by atoms with Gasteiger partial charge in [0.2, 0.25) is 5.91 Å². The maximum atomic E-state index is 12.8. The fourth-order valence-corrected chi connectivity index (χ4v) is 2.84. The fourth-order valence-electron chi connectivity index (χ4n) is 2.84. The van der Waals surface area contributed by atoms with Crippen molar-refractivity contribution in [2.45, 2.75) is 25.4 Å². The van der Waals surface area contributed by atoms with E-state index in [1.807, 2.05) is 0 Å². The largest absolute Gasteiger partial charge is 0.496 e. The molecule has 0 spiro atoms. The zero-order chi connectivity index (χ0) is 18.4. The number of benzene rings is 1. The second-order valence-electron chi connectivity index (χ2n) is 5.93. The summed E-state index contributed by atoms with van der Waals surface area (Å²) in [6, 6.07) is 6.65. The van der Waals surface area contributed by atoms with Crippen molar-refractivity contribution >= 4 is 11.8 Å². The van der Waals surface area contributed by atoms with Crippen LogP contribution in [0, 0.1) is 5.92 Å². The van der Waals surface area contributed by atoms with E-state index in [0.717, 1.165) is 0 Å². The van der Waals surface area contributed by atoms with Crippen molar-refractivity contribution in [3.8, 4) is 5.75 Å². The molecule has 8 heteroatoms. The Hall–Kier alpha value is -2.25. The maximum absolute atomic E-state index is 12.8. The highest BCUT2D eigenvalue weighted by atomic mass is 19.4. The molecule has 1 aliphatic heterocycles. The Morgan fingerprint density at radius 1 is 1.32 bits per heavy atom. The SMILES string of the molecule is COc1ccccc1C(=O)NCCC(=O)N1CCC[C@H](C(F)(F)F)C1. The number of methoxy groups -OCH3 is 1. The molecule has 1 saturated heterocycles. The summed E-state index contributed by atoms with van der Waals surface area (Å²) in [5, 5.41) is 2.60. The Balaban J connectivity index is 1.83. The van der Waals surface area contributed by atoms with Gasteiger partial charge in [0.1, 0.15) is 5.75 Å². The number of hydrogen-bond acceptors (Lipinski definition) is 3. The molecule has 1 aliphatic rings. The lowest BCUT2D eigenvalue weighted by Gasteiger charge is -2.33. The van der Waals surface area contributed by atoms with Crippen molar-refractivity contribution in [3.05, 3.63) is 29.8 Å². The number of nitrogens with one attached hydrogen (secondary N) is 1.